The highest BCUT2D eigenvalue weighted by molar-refractivity contribution is 6.46. The lowest BCUT2D eigenvalue weighted by Gasteiger charge is -2.28. The highest BCUT2D eigenvalue weighted by Crippen LogP contribution is 2.41. The third-order valence-corrected chi connectivity index (χ3v) is 7.17. The van der Waals surface area contributed by atoms with Gasteiger partial charge in [0.25, 0.3) is 11.7 Å². The minimum atomic E-state index is -0.759. The van der Waals surface area contributed by atoms with Crippen LogP contribution in [0.1, 0.15) is 49.9 Å². The van der Waals surface area contributed by atoms with Crippen LogP contribution in [0, 0.1) is 6.92 Å². The zero-order valence-electron chi connectivity index (χ0n) is 23.7. The maximum atomic E-state index is 13.5. The van der Waals surface area contributed by atoms with E-state index >= 15 is 0 Å². The number of hydrogen-bond donors (Lipinski definition) is 1. The maximum absolute atomic E-state index is 13.5. The lowest BCUT2D eigenvalue weighted by molar-refractivity contribution is -0.140. The van der Waals surface area contributed by atoms with Gasteiger partial charge in [0, 0.05) is 18.7 Å². The predicted octanol–water partition coefficient (Wildman–Crippen LogP) is 6.34. The Morgan fingerprint density at radius 3 is 2.30 bits per heavy atom. The number of ether oxygens (including phenoxy) is 2. The van der Waals surface area contributed by atoms with E-state index in [1.165, 1.54) is 0 Å². The third kappa shape index (κ3) is 6.37. The molecular formula is C33H38N2O5. The van der Waals surface area contributed by atoms with E-state index in [1.54, 1.807) is 17.0 Å². The minimum Gasteiger partial charge on any atom is -0.507 e. The fourth-order valence-electron chi connectivity index (χ4n) is 4.98. The molecule has 4 rings (SSSR count). The molecule has 0 unspecified atom stereocenters. The van der Waals surface area contributed by atoms with Crippen LogP contribution in [0.5, 0.6) is 17.2 Å². The third-order valence-electron chi connectivity index (χ3n) is 7.17. The molecule has 0 bridgehead atoms. The van der Waals surface area contributed by atoms with Gasteiger partial charge in [-0.2, -0.15) is 0 Å². The van der Waals surface area contributed by atoms with Crippen LogP contribution >= 0.6 is 0 Å². The van der Waals surface area contributed by atoms with E-state index in [9.17, 15) is 14.7 Å². The first-order chi connectivity index (χ1) is 19.4. The van der Waals surface area contributed by atoms with Crippen LogP contribution < -0.4 is 9.47 Å². The molecule has 1 aliphatic rings. The van der Waals surface area contributed by atoms with Crippen LogP contribution in [-0.4, -0.2) is 59.4 Å². The Bertz CT molecular complexity index is 1360. The van der Waals surface area contributed by atoms with Crippen molar-refractivity contribution < 1.29 is 24.2 Å². The van der Waals surface area contributed by atoms with Crippen LogP contribution in [0.15, 0.2) is 78.4 Å². The first-order valence-corrected chi connectivity index (χ1v) is 13.9. The van der Waals surface area contributed by atoms with Gasteiger partial charge in [-0.15, -0.1) is 0 Å². The van der Waals surface area contributed by atoms with Crippen molar-refractivity contribution in [1.29, 1.82) is 0 Å². The number of aryl methyl sites for hydroxylation is 1. The average Bonchev–Trinajstić information content (AvgIpc) is 3.22. The first-order valence-electron chi connectivity index (χ1n) is 13.9. The summed E-state index contributed by atoms with van der Waals surface area (Å²) in [7, 11) is 0. The highest BCUT2D eigenvalue weighted by atomic mass is 16.5. The summed E-state index contributed by atoms with van der Waals surface area (Å²) in [5.41, 5.74) is 2.01. The smallest absolute Gasteiger partial charge is 0.295 e. The number of carbonyl (C=O) groups excluding carboxylic acids is 2. The van der Waals surface area contributed by atoms with E-state index < -0.39 is 17.7 Å². The second-order valence-electron chi connectivity index (χ2n) is 9.83. The predicted molar refractivity (Wildman–Crippen MR) is 157 cm³/mol. The van der Waals surface area contributed by atoms with Crippen molar-refractivity contribution in [2.75, 3.05) is 32.8 Å². The molecule has 0 aromatic heterocycles. The molecule has 40 heavy (non-hydrogen) atoms. The largest absolute Gasteiger partial charge is 0.507 e. The van der Waals surface area contributed by atoms with Gasteiger partial charge >= 0.3 is 0 Å². The van der Waals surface area contributed by atoms with Crippen molar-refractivity contribution in [3.05, 3.63) is 95.1 Å². The normalized spacial score (nSPS) is 16.5. The van der Waals surface area contributed by atoms with Crippen LogP contribution in [0.4, 0.5) is 0 Å². The van der Waals surface area contributed by atoms with Gasteiger partial charge in [-0.05, 0) is 80.0 Å². The minimum absolute atomic E-state index is 0.0757. The summed E-state index contributed by atoms with van der Waals surface area (Å²) in [6.45, 7) is 11.2. The summed E-state index contributed by atoms with van der Waals surface area (Å²) in [6.07, 6.45) is 0.880. The number of ketones is 1. The monoisotopic (exact) mass is 542 g/mol. The molecule has 1 N–H and O–H groups in total. The number of amides is 1. The summed E-state index contributed by atoms with van der Waals surface area (Å²) in [6, 6.07) is 21.4. The van der Waals surface area contributed by atoms with Gasteiger partial charge in [-0.1, -0.05) is 51.1 Å². The van der Waals surface area contributed by atoms with Crippen LogP contribution in [0.25, 0.3) is 5.76 Å². The summed E-state index contributed by atoms with van der Waals surface area (Å²) >= 11 is 0. The Morgan fingerprint density at radius 1 is 0.900 bits per heavy atom. The van der Waals surface area contributed by atoms with Gasteiger partial charge in [-0.25, -0.2) is 0 Å². The molecule has 210 valence electrons. The van der Waals surface area contributed by atoms with Crippen molar-refractivity contribution in [1.82, 2.24) is 9.80 Å². The zero-order valence-corrected chi connectivity index (χ0v) is 23.7. The topological polar surface area (TPSA) is 79.3 Å². The molecule has 1 atom stereocenters. The molecule has 0 spiro atoms. The van der Waals surface area contributed by atoms with Gasteiger partial charge < -0.3 is 24.4 Å². The van der Waals surface area contributed by atoms with Crippen LogP contribution in [-0.2, 0) is 9.59 Å². The highest BCUT2D eigenvalue weighted by Gasteiger charge is 2.46. The zero-order chi connectivity index (χ0) is 28.6. The maximum Gasteiger partial charge on any atom is 0.295 e. The SMILES string of the molecule is CCCOc1ccc(C(O)=C2C(=O)C(=O)N(CCN(CC)CC)[C@@H]2c2cccc(Oc3ccccc3)c2)c(C)c1. The number of benzene rings is 3. The second-order valence-corrected chi connectivity index (χ2v) is 9.83. The Balaban J connectivity index is 1.78. The number of aliphatic hydroxyl groups is 1. The lowest BCUT2D eigenvalue weighted by Crippen LogP contribution is -2.38. The Labute approximate surface area is 236 Å². The van der Waals surface area contributed by atoms with Crippen LogP contribution in [0.3, 0.4) is 0 Å². The number of likely N-dealkylation sites (tertiary alicyclic amines) is 1. The van der Waals surface area contributed by atoms with Crippen molar-refractivity contribution in [2.45, 2.75) is 40.2 Å². The molecular weight excluding hydrogens is 504 g/mol. The standard InChI is InChI=1S/C33H38N2O5/c1-5-20-39-26-16-17-28(23(4)21-26)31(36)29-30(35(33(38)32(29)37)19-18-34(6-2)7-3)24-12-11-15-27(22-24)40-25-13-9-8-10-14-25/h8-17,21-22,30,36H,5-7,18-20H2,1-4H3/t30-/m1/s1. The Morgan fingerprint density at radius 2 is 1.62 bits per heavy atom. The molecule has 1 heterocycles. The van der Waals surface area contributed by atoms with E-state index in [0.717, 1.165) is 25.1 Å². The molecule has 0 aliphatic carbocycles. The summed E-state index contributed by atoms with van der Waals surface area (Å²) in [4.78, 5) is 30.7. The van der Waals surface area contributed by atoms with Crippen molar-refractivity contribution in [2.24, 2.45) is 0 Å². The molecule has 0 saturated carbocycles. The average molecular weight is 543 g/mol. The van der Waals surface area contributed by atoms with E-state index in [1.807, 2.05) is 74.5 Å². The van der Waals surface area contributed by atoms with Gasteiger partial charge in [0.05, 0.1) is 18.2 Å². The van der Waals surface area contributed by atoms with E-state index in [-0.39, 0.29) is 11.3 Å². The fourth-order valence-corrected chi connectivity index (χ4v) is 4.98. The summed E-state index contributed by atoms with van der Waals surface area (Å²) < 4.78 is 11.8. The molecule has 0 radical (unpaired) electrons. The number of rotatable bonds is 12. The molecule has 1 fully saturated rings. The van der Waals surface area contributed by atoms with E-state index in [2.05, 4.69) is 18.7 Å². The summed E-state index contributed by atoms with van der Waals surface area (Å²) in [5.74, 6) is 0.444. The van der Waals surface area contributed by atoms with Crippen molar-refractivity contribution in [3.8, 4) is 17.2 Å². The van der Waals surface area contributed by atoms with Gasteiger partial charge in [0.2, 0.25) is 0 Å². The van der Waals surface area contributed by atoms with E-state index in [4.69, 9.17) is 9.47 Å². The lowest BCUT2D eigenvalue weighted by atomic mass is 9.93. The Hall–Kier alpha value is -4.10. The molecule has 1 amide bonds. The number of likely N-dealkylation sites (N-methyl/N-ethyl adjacent to an activating group) is 1. The molecule has 3 aromatic carbocycles. The van der Waals surface area contributed by atoms with Crippen molar-refractivity contribution in [3.63, 3.8) is 0 Å². The molecule has 1 aliphatic heterocycles. The number of para-hydroxylation sites is 1. The number of carbonyl (C=O) groups is 2. The molecule has 1 saturated heterocycles. The molecule has 7 nitrogen and oxygen atoms in total. The first kappa shape index (κ1) is 28.9. The second kappa shape index (κ2) is 13.3. The quantitative estimate of drug-likeness (QED) is 0.163. The summed E-state index contributed by atoms with van der Waals surface area (Å²) in [5, 5.41) is 11.6. The van der Waals surface area contributed by atoms with Gasteiger partial charge in [-0.3, -0.25) is 9.59 Å². The van der Waals surface area contributed by atoms with Gasteiger partial charge in [0.1, 0.15) is 23.0 Å². The van der Waals surface area contributed by atoms with Crippen molar-refractivity contribution >= 4 is 17.4 Å². The number of nitrogens with zero attached hydrogens (tertiary/aromatic N) is 2. The Kier molecular flexibility index (Phi) is 9.61. The fraction of sp³-hybridized carbons (Fsp3) is 0.333. The van der Waals surface area contributed by atoms with E-state index in [0.29, 0.717) is 48.1 Å². The number of aliphatic hydroxyl groups excluding tert-OH is 1. The molecule has 3 aromatic rings. The van der Waals surface area contributed by atoms with Gasteiger partial charge in [0.15, 0.2) is 0 Å². The van der Waals surface area contributed by atoms with Crippen LogP contribution in [0.2, 0.25) is 0 Å². The molecule has 7 heteroatoms. The number of hydrogen-bond acceptors (Lipinski definition) is 6. The number of Topliss-reactive ketones (excluding diaryl/α,β-unsaturated/α-hetero) is 1.